The van der Waals surface area contributed by atoms with E-state index in [4.69, 9.17) is 0 Å². The van der Waals surface area contributed by atoms with Crippen LogP contribution >= 0.6 is 0 Å². The summed E-state index contributed by atoms with van der Waals surface area (Å²) in [4.78, 5) is 10.8. The molecule has 0 N–H and O–H groups in total. The van der Waals surface area contributed by atoms with Crippen LogP contribution in [0.25, 0.3) is 0 Å². The molecule has 0 bridgehead atoms. The number of carbonyl (C=O) groups is 1. The highest BCUT2D eigenvalue weighted by molar-refractivity contribution is 5.67. The SMILES string of the molecule is CC(C)(C=O)c1cccc(C(F)(F)C(F)(F)F)c1. The third-order valence-corrected chi connectivity index (χ3v) is 2.62. The quantitative estimate of drug-likeness (QED) is 0.600. The van der Waals surface area contributed by atoms with Gasteiger partial charge in [0.05, 0.1) is 0 Å². The first-order valence-corrected chi connectivity index (χ1v) is 5.04. The average Bonchev–Trinajstić information content (AvgIpc) is 2.27. The normalized spacial score (nSPS) is 13.5. The van der Waals surface area contributed by atoms with Crippen LogP contribution in [-0.2, 0) is 16.1 Å². The Morgan fingerprint density at radius 2 is 1.50 bits per heavy atom. The van der Waals surface area contributed by atoms with E-state index in [9.17, 15) is 26.7 Å². The van der Waals surface area contributed by atoms with E-state index in [2.05, 4.69) is 0 Å². The Kier molecular flexibility index (Phi) is 3.51. The lowest BCUT2D eigenvalue weighted by Crippen LogP contribution is -2.34. The van der Waals surface area contributed by atoms with Gasteiger partial charge in [-0.2, -0.15) is 22.0 Å². The highest BCUT2D eigenvalue weighted by Gasteiger charge is 2.58. The molecule has 1 nitrogen and oxygen atoms in total. The van der Waals surface area contributed by atoms with Crippen molar-refractivity contribution in [1.29, 1.82) is 0 Å². The molecule has 0 saturated carbocycles. The van der Waals surface area contributed by atoms with Crippen LogP contribution in [0.5, 0.6) is 0 Å². The number of hydrogen-bond donors (Lipinski definition) is 0. The molecule has 0 atom stereocenters. The summed E-state index contributed by atoms with van der Waals surface area (Å²) in [7, 11) is 0. The molecule has 100 valence electrons. The molecule has 6 heteroatoms. The molecule has 1 aromatic carbocycles. The summed E-state index contributed by atoms with van der Waals surface area (Å²) in [5.74, 6) is -4.93. The molecule has 0 amide bonds. The van der Waals surface area contributed by atoms with Crippen molar-refractivity contribution in [2.24, 2.45) is 0 Å². The number of halogens is 5. The van der Waals surface area contributed by atoms with E-state index in [0.29, 0.717) is 18.4 Å². The van der Waals surface area contributed by atoms with E-state index in [1.54, 1.807) is 0 Å². The summed E-state index contributed by atoms with van der Waals surface area (Å²) in [5.41, 5.74) is -2.17. The van der Waals surface area contributed by atoms with E-state index < -0.39 is 23.1 Å². The van der Waals surface area contributed by atoms with Gasteiger partial charge in [-0.15, -0.1) is 0 Å². The Labute approximate surface area is 101 Å². The molecule has 0 unspecified atom stereocenters. The molecule has 0 fully saturated rings. The van der Waals surface area contributed by atoms with Crippen molar-refractivity contribution < 1.29 is 26.7 Å². The molecule has 1 rings (SSSR count). The first-order valence-electron chi connectivity index (χ1n) is 5.04. The largest absolute Gasteiger partial charge is 0.458 e. The Bertz CT molecular complexity index is 448. The first kappa shape index (κ1) is 14.6. The van der Waals surface area contributed by atoms with Gasteiger partial charge in [0, 0.05) is 11.0 Å². The van der Waals surface area contributed by atoms with E-state index in [1.165, 1.54) is 19.9 Å². The fourth-order valence-corrected chi connectivity index (χ4v) is 1.35. The van der Waals surface area contributed by atoms with Crippen molar-refractivity contribution in [3.05, 3.63) is 35.4 Å². The van der Waals surface area contributed by atoms with Gasteiger partial charge >= 0.3 is 12.1 Å². The number of benzene rings is 1. The van der Waals surface area contributed by atoms with E-state index in [1.807, 2.05) is 0 Å². The maximum Gasteiger partial charge on any atom is 0.458 e. The third kappa shape index (κ3) is 2.52. The standard InChI is InChI=1S/C12H11F5O/c1-10(2,7-18)8-4-3-5-9(6-8)11(13,14)12(15,16)17/h3-7H,1-2H3. The molecule has 0 aliphatic rings. The second kappa shape index (κ2) is 4.33. The number of aldehydes is 1. The van der Waals surface area contributed by atoms with Crippen molar-refractivity contribution in [2.75, 3.05) is 0 Å². The van der Waals surface area contributed by atoms with E-state index in [-0.39, 0.29) is 5.56 Å². The molecule has 0 aromatic heterocycles. The van der Waals surface area contributed by atoms with Gasteiger partial charge in [-0.1, -0.05) is 18.2 Å². The summed E-state index contributed by atoms with van der Waals surface area (Å²) >= 11 is 0. The molecule has 0 saturated heterocycles. The van der Waals surface area contributed by atoms with Gasteiger partial charge in [0.2, 0.25) is 0 Å². The number of carbonyl (C=O) groups excluding carboxylic acids is 1. The number of alkyl halides is 5. The van der Waals surface area contributed by atoms with Gasteiger partial charge < -0.3 is 4.79 Å². The zero-order valence-electron chi connectivity index (χ0n) is 9.68. The number of rotatable bonds is 3. The molecule has 0 aliphatic carbocycles. The smallest absolute Gasteiger partial charge is 0.302 e. The molecular weight excluding hydrogens is 255 g/mol. The molecular formula is C12H11F5O. The average molecular weight is 266 g/mol. The second-order valence-corrected chi connectivity index (χ2v) is 4.49. The summed E-state index contributed by atoms with van der Waals surface area (Å²) in [5, 5.41) is 0. The molecule has 0 heterocycles. The Morgan fingerprint density at radius 1 is 1.00 bits per heavy atom. The molecule has 0 radical (unpaired) electrons. The predicted octanol–water partition coefficient (Wildman–Crippen LogP) is 3.82. The van der Waals surface area contributed by atoms with Crippen molar-refractivity contribution in [3.63, 3.8) is 0 Å². The van der Waals surface area contributed by atoms with Crippen LogP contribution in [0.1, 0.15) is 25.0 Å². The summed E-state index contributed by atoms with van der Waals surface area (Å²) in [6.45, 7) is 2.87. The van der Waals surface area contributed by atoms with Crippen molar-refractivity contribution in [3.8, 4) is 0 Å². The minimum absolute atomic E-state index is 0.110. The second-order valence-electron chi connectivity index (χ2n) is 4.49. The van der Waals surface area contributed by atoms with Crippen LogP contribution in [0, 0.1) is 0 Å². The fraction of sp³-hybridized carbons (Fsp3) is 0.417. The van der Waals surface area contributed by atoms with Crippen molar-refractivity contribution >= 4 is 6.29 Å². The number of hydrogen-bond acceptors (Lipinski definition) is 1. The van der Waals surface area contributed by atoms with Crippen LogP contribution in [0.2, 0.25) is 0 Å². The van der Waals surface area contributed by atoms with Crippen LogP contribution in [-0.4, -0.2) is 12.5 Å². The monoisotopic (exact) mass is 266 g/mol. The molecule has 1 aromatic rings. The first-order chi connectivity index (χ1) is 8.02. The summed E-state index contributed by atoms with van der Waals surface area (Å²) < 4.78 is 62.9. The van der Waals surface area contributed by atoms with Crippen molar-refractivity contribution in [1.82, 2.24) is 0 Å². The fourth-order valence-electron chi connectivity index (χ4n) is 1.35. The lowest BCUT2D eigenvalue weighted by atomic mass is 9.85. The van der Waals surface area contributed by atoms with Gasteiger partial charge in [0.25, 0.3) is 0 Å². The lowest BCUT2D eigenvalue weighted by molar-refractivity contribution is -0.289. The van der Waals surface area contributed by atoms with Gasteiger partial charge in [0.15, 0.2) is 0 Å². The lowest BCUT2D eigenvalue weighted by Gasteiger charge is -2.23. The van der Waals surface area contributed by atoms with Crippen molar-refractivity contribution in [2.45, 2.75) is 31.4 Å². The van der Waals surface area contributed by atoms with Gasteiger partial charge in [-0.05, 0) is 25.5 Å². The minimum atomic E-state index is -5.66. The highest BCUT2D eigenvalue weighted by Crippen LogP contribution is 2.44. The van der Waals surface area contributed by atoms with E-state index >= 15 is 0 Å². The zero-order valence-corrected chi connectivity index (χ0v) is 9.68. The zero-order chi connectivity index (χ0) is 14.2. The topological polar surface area (TPSA) is 17.1 Å². The third-order valence-electron chi connectivity index (χ3n) is 2.62. The Morgan fingerprint density at radius 3 is 1.94 bits per heavy atom. The van der Waals surface area contributed by atoms with Gasteiger partial charge in [0.1, 0.15) is 6.29 Å². The highest BCUT2D eigenvalue weighted by atomic mass is 19.4. The minimum Gasteiger partial charge on any atom is -0.302 e. The summed E-state index contributed by atoms with van der Waals surface area (Å²) in [6.07, 6.45) is -5.16. The maximum atomic E-state index is 13.1. The van der Waals surface area contributed by atoms with Crippen LogP contribution in [0.15, 0.2) is 24.3 Å². The van der Waals surface area contributed by atoms with Gasteiger partial charge in [-0.3, -0.25) is 0 Å². The van der Waals surface area contributed by atoms with Crippen LogP contribution < -0.4 is 0 Å². The molecule has 0 spiro atoms. The van der Waals surface area contributed by atoms with E-state index in [0.717, 1.165) is 6.07 Å². The van der Waals surface area contributed by atoms with Crippen LogP contribution in [0.4, 0.5) is 22.0 Å². The van der Waals surface area contributed by atoms with Gasteiger partial charge in [-0.25, -0.2) is 0 Å². The molecule has 18 heavy (non-hydrogen) atoms. The maximum absolute atomic E-state index is 13.1. The Hall–Kier alpha value is -1.46. The Balaban J connectivity index is 3.30. The molecule has 0 aliphatic heterocycles. The summed E-state index contributed by atoms with van der Waals surface area (Å²) in [6, 6.07) is 3.82. The predicted molar refractivity (Wildman–Crippen MR) is 55.5 cm³/mol. The van der Waals surface area contributed by atoms with Crippen LogP contribution in [0.3, 0.4) is 0 Å².